The van der Waals surface area contributed by atoms with Gasteiger partial charge in [-0.25, -0.2) is 4.79 Å². The lowest BCUT2D eigenvalue weighted by atomic mass is 9.98. The van der Waals surface area contributed by atoms with Crippen molar-refractivity contribution in [3.63, 3.8) is 0 Å². The molecule has 2 unspecified atom stereocenters. The van der Waals surface area contributed by atoms with Crippen LogP contribution in [0.5, 0.6) is 5.75 Å². The molecule has 0 bridgehead atoms. The van der Waals surface area contributed by atoms with Crippen LogP contribution in [0.1, 0.15) is 56.8 Å². The molecule has 0 saturated carbocycles. The Bertz CT molecular complexity index is 1060. The van der Waals surface area contributed by atoms with E-state index in [0.29, 0.717) is 30.0 Å². The predicted octanol–water partition coefficient (Wildman–Crippen LogP) is 5.05. The monoisotopic (exact) mass is 529 g/mol. The Morgan fingerprint density at radius 1 is 1.03 bits per heavy atom. The van der Waals surface area contributed by atoms with E-state index in [0.717, 1.165) is 11.1 Å². The zero-order valence-corrected chi connectivity index (χ0v) is 23.6. The maximum Gasteiger partial charge on any atom is 0.408 e. The molecule has 2 aromatic rings. The number of hydrogen-bond acceptors (Lipinski definition) is 6. The number of thiol groups is 1. The molecule has 0 aliphatic rings. The van der Waals surface area contributed by atoms with Crippen LogP contribution in [0.15, 0.2) is 42.5 Å². The number of benzene rings is 2. The van der Waals surface area contributed by atoms with Crippen LogP contribution < -0.4 is 15.4 Å². The van der Waals surface area contributed by atoms with Crippen LogP contribution in [-0.4, -0.2) is 53.9 Å². The van der Waals surface area contributed by atoms with Crippen LogP contribution in [0.2, 0.25) is 0 Å². The minimum absolute atomic E-state index is 0.0396. The molecule has 0 radical (unpaired) electrons. The van der Waals surface area contributed by atoms with Gasteiger partial charge in [-0.15, -0.1) is 0 Å². The summed E-state index contributed by atoms with van der Waals surface area (Å²) in [4.78, 5) is 41.5. The molecule has 202 valence electrons. The minimum Gasteiger partial charge on any atom is -0.497 e. The Balaban J connectivity index is 2.47. The molecular formula is C28H39N3O5S. The molecule has 9 heteroatoms. The molecular weight excluding hydrogens is 490 g/mol. The van der Waals surface area contributed by atoms with Gasteiger partial charge in [0.1, 0.15) is 23.4 Å². The number of carbonyl (C=O) groups excluding carboxylic acids is 3. The standard InChI is InChI=1S/C28H39N3O5S/c1-8-13-31(26(33)23(17-37)30-27(34)36-28(4,5)6)24(20-15-18(2)14-19(3)16-20)25(32)29-21-9-11-22(35-7)12-10-21/h9-12,14-16,23-24,37H,8,13,17H2,1-7H3,(H,29,32)(H,30,34). The van der Waals surface area contributed by atoms with Crippen molar-refractivity contribution >= 4 is 36.2 Å². The highest BCUT2D eigenvalue weighted by atomic mass is 32.1. The summed E-state index contributed by atoms with van der Waals surface area (Å²) in [6, 6.07) is 10.9. The van der Waals surface area contributed by atoms with Crippen molar-refractivity contribution in [2.75, 3.05) is 24.7 Å². The van der Waals surface area contributed by atoms with Crippen molar-refractivity contribution in [2.45, 2.75) is 65.6 Å². The molecule has 0 aliphatic heterocycles. The van der Waals surface area contributed by atoms with Crippen LogP contribution in [-0.2, 0) is 14.3 Å². The summed E-state index contributed by atoms with van der Waals surface area (Å²) < 4.78 is 10.5. The Morgan fingerprint density at radius 3 is 2.11 bits per heavy atom. The second-order valence-corrected chi connectivity index (χ2v) is 10.3. The van der Waals surface area contributed by atoms with E-state index in [9.17, 15) is 14.4 Å². The molecule has 8 nitrogen and oxygen atoms in total. The molecule has 2 aromatic carbocycles. The van der Waals surface area contributed by atoms with Crippen LogP contribution in [0.25, 0.3) is 0 Å². The smallest absolute Gasteiger partial charge is 0.408 e. The van der Waals surface area contributed by atoms with E-state index in [-0.39, 0.29) is 11.7 Å². The summed E-state index contributed by atoms with van der Waals surface area (Å²) in [5.41, 5.74) is 2.47. The number of alkyl carbamates (subject to hydrolysis) is 1. The average molecular weight is 530 g/mol. The van der Waals surface area contributed by atoms with E-state index in [4.69, 9.17) is 9.47 Å². The van der Waals surface area contributed by atoms with E-state index < -0.39 is 29.7 Å². The molecule has 2 atom stereocenters. The summed E-state index contributed by atoms with van der Waals surface area (Å²) in [6.07, 6.45) is -0.115. The van der Waals surface area contributed by atoms with Gasteiger partial charge in [0.15, 0.2) is 0 Å². The minimum atomic E-state index is -0.980. The fourth-order valence-corrected chi connectivity index (χ4v) is 4.22. The second kappa shape index (κ2) is 13.4. The number of aryl methyl sites for hydroxylation is 2. The zero-order chi connectivity index (χ0) is 27.8. The predicted molar refractivity (Wildman–Crippen MR) is 149 cm³/mol. The van der Waals surface area contributed by atoms with E-state index in [1.807, 2.05) is 39.0 Å². The van der Waals surface area contributed by atoms with E-state index in [1.165, 1.54) is 4.90 Å². The van der Waals surface area contributed by atoms with Crippen molar-refractivity contribution in [1.82, 2.24) is 10.2 Å². The first-order chi connectivity index (χ1) is 17.4. The van der Waals surface area contributed by atoms with Crippen molar-refractivity contribution in [2.24, 2.45) is 0 Å². The lowest BCUT2D eigenvalue weighted by molar-refractivity contribution is -0.140. The third kappa shape index (κ3) is 9.00. The molecule has 37 heavy (non-hydrogen) atoms. The average Bonchev–Trinajstić information content (AvgIpc) is 2.80. The van der Waals surface area contributed by atoms with Gasteiger partial charge in [-0.05, 0) is 70.9 Å². The number of hydrogen-bond donors (Lipinski definition) is 3. The summed E-state index contributed by atoms with van der Waals surface area (Å²) in [5.74, 6) is -0.0850. The Hall–Kier alpha value is -3.20. The van der Waals surface area contributed by atoms with Gasteiger partial charge >= 0.3 is 6.09 Å². The van der Waals surface area contributed by atoms with Crippen LogP contribution in [0.3, 0.4) is 0 Å². The first-order valence-corrected chi connectivity index (χ1v) is 13.0. The number of rotatable bonds is 10. The Labute approximate surface area is 225 Å². The fraction of sp³-hybridized carbons (Fsp3) is 0.464. The van der Waals surface area contributed by atoms with Crippen LogP contribution in [0, 0.1) is 13.8 Å². The first-order valence-electron chi connectivity index (χ1n) is 12.3. The maximum atomic E-state index is 13.8. The molecule has 0 spiro atoms. The Morgan fingerprint density at radius 2 is 1.62 bits per heavy atom. The number of ether oxygens (including phenoxy) is 2. The van der Waals surface area contributed by atoms with Gasteiger partial charge in [0.05, 0.1) is 7.11 Å². The summed E-state index contributed by atoms with van der Waals surface area (Å²) in [7, 11) is 1.57. The van der Waals surface area contributed by atoms with Gasteiger partial charge in [0.25, 0.3) is 5.91 Å². The zero-order valence-electron chi connectivity index (χ0n) is 22.8. The van der Waals surface area contributed by atoms with Crippen molar-refractivity contribution in [1.29, 1.82) is 0 Å². The maximum absolute atomic E-state index is 13.8. The normalized spacial score (nSPS) is 12.8. The number of amides is 3. The third-order valence-electron chi connectivity index (χ3n) is 5.40. The van der Waals surface area contributed by atoms with Crippen molar-refractivity contribution in [3.05, 3.63) is 59.2 Å². The van der Waals surface area contributed by atoms with Gasteiger partial charge in [-0.3, -0.25) is 9.59 Å². The lowest BCUT2D eigenvalue weighted by Crippen LogP contribution is -2.53. The molecule has 0 heterocycles. The van der Waals surface area contributed by atoms with Gasteiger partial charge in [0.2, 0.25) is 5.91 Å². The SMILES string of the molecule is CCCN(C(=O)C(CS)NC(=O)OC(C)(C)C)C(C(=O)Nc1ccc(OC)cc1)c1cc(C)cc(C)c1. The number of carbonyl (C=O) groups is 3. The van der Waals surface area contributed by atoms with Gasteiger partial charge < -0.3 is 25.0 Å². The Kier molecular flexibility index (Phi) is 10.9. The molecule has 2 N–H and O–H groups in total. The molecule has 3 amide bonds. The molecule has 0 fully saturated rings. The highest BCUT2D eigenvalue weighted by molar-refractivity contribution is 7.80. The quantitative estimate of drug-likeness (QED) is 0.374. The van der Waals surface area contributed by atoms with Crippen LogP contribution >= 0.6 is 12.6 Å². The van der Waals surface area contributed by atoms with Crippen molar-refractivity contribution in [3.8, 4) is 5.75 Å². The summed E-state index contributed by atoms with van der Waals surface area (Å²) >= 11 is 4.31. The first kappa shape index (κ1) is 30.0. The fourth-order valence-electron chi connectivity index (χ4n) is 3.97. The second-order valence-electron chi connectivity index (χ2n) is 9.95. The topological polar surface area (TPSA) is 97.0 Å². The number of nitrogens with one attached hydrogen (secondary N) is 2. The van der Waals surface area contributed by atoms with Gasteiger partial charge in [-0.2, -0.15) is 12.6 Å². The summed E-state index contributed by atoms with van der Waals surface area (Å²) in [5, 5.41) is 5.55. The highest BCUT2D eigenvalue weighted by Gasteiger charge is 2.35. The molecule has 0 aromatic heterocycles. The largest absolute Gasteiger partial charge is 0.497 e. The molecule has 0 aliphatic carbocycles. The van der Waals surface area contributed by atoms with E-state index in [2.05, 4.69) is 23.3 Å². The van der Waals surface area contributed by atoms with E-state index in [1.54, 1.807) is 52.1 Å². The number of anilines is 1. The lowest BCUT2D eigenvalue weighted by Gasteiger charge is -2.34. The van der Waals surface area contributed by atoms with E-state index >= 15 is 0 Å². The van der Waals surface area contributed by atoms with Crippen molar-refractivity contribution < 1.29 is 23.9 Å². The van der Waals surface area contributed by atoms with Gasteiger partial charge in [-0.1, -0.05) is 36.2 Å². The number of methoxy groups -OCH3 is 1. The summed E-state index contributed by atoms with van der Waals surface area (Å²) in [6.45, 7) is 11.3. The highest BCUT2D eigenvalue weighted by Crippen LogP contribution is 2.27. The van der Waals surface area contributed by atoms with Gasteiger partial charge in [0, 0.05) is 18.0 Å². The third-order valence-corrected chi connectivity index (χ3v) is 5.76. The number of nitrogens with zero attached hydrogens (tertiary/aromatic N) is 1. The van der Waals surface area contributed by atoms with Crippen LogP contribution in [0.4, 0.5) is 10.5 Å². The molecule has 0 saturated heterocycles. The molecule has 2 rings (SSSR count).